The van der Waals surface area contributed by atoms with Crippen LogP contribution in [-0.2, 0) is 16.1 Å². The molecule has 0 saturated carbocycles. The standard InChI is InChI=1S/C20H22N2O6/c1-28-13-5-6-16-14(9-13)19(25)15(20(26)27)10-22(16)12-18(24)17(23)11-21-7-3-2-4-8-21/h5-6,9-10H,2-4,7-8,11-12H2,1H3,(H,26,27). The van der Waals surface area contributed by atoms with Gasteiger partial charge in [0.2, 0.25) is 17.0 Å². The number of hydrogen-bond acceptors (Lipinski definition) is 6. The zero-order chi connectivity index (χ0) is 20.3. The number of piperidine rings is 1. The molecule has 0 radical (unpaired) electrons. The number of fused-ring (bicyclic) bond motifs is 1. The van der Waals surface area contributed by atoms with Crippen molar-refractivity contribution in [3.05, 3.63) is 40.2 Å². The predicted molar refractivity (Wildman–Crippen MR) is 102 cm³/mol. The number of ether oxygens (including phenoxy) is 1. The topological polar surface area (TPSA) is 106 Å². The Morgan fingerprint density at radius 3 is 2.39 bits per heavy atom. The van der Waals surface area contributed by atoms with Gasteiger partial charge in [-0.15, -0.1) is 0 Å². The summed E-state index contributed by atoms with van der Waals surface area (Å²) in [7, 11) is 1.43. The highest BCUT2D eigenvalue weighted by molar-refractivity contribution is 6.38. The average Bonchev–Trinajstić information content (AvgIpc) is 2.70. The summed E-state index contributed by atoms with van der Waals surface area (Å²) in [5.74, 6) is -2.14. The molecule has 28 heavy (non-hydrogen) atoms. The van der Waals surface area contributed by atoms with Crippen LogP contribution in [0.1, 0.15) is 29.6 Å². The SMILES string of the molecule is COc1ccc2c(c1)c(=O)c(C(=O)O)cn2CC(=O)C(=O)CN1CCCCC1. The van der Waals surface area contributed by atoms with E-state index in [0.29, 0.717) is 11.3 Å². The number of carbonyl (C=O) groups is 3. The second-order valence-corrected chi connectivity index (χ2v) is 6.87. The van der Waals surface area contributed by atoms with Crippen molar-refractivity contribution in [2.75, 3.05) is 26.7 Å². The van der Waals surface area contributed by atoms with E-state index in [1.54, 1.807) is 12.1 Å². The Morgan fingerprint density at radius 1 is 1.07 bits per heavy atom. The van der Waals surface area contributed by atoms with Gasteiger partial charge in [0.05, 0.1) is 31.1 Å². The summed E-state index contributed by atoms with van der Waals surface area (Å²) in [4.78, 5) is 50.7. The van der Waals surface area contributed by atoms with Crippen LogP contribution in [0.2, 0.25) is 0 Å². The van der Waals surface area contributed by atoms with Crippen LogP contribution >= 0.6 is 0 Å². The molecule has 1 aliphatic rings. The molecule has 1 aromatic heterocycles. The number of Topliss-reactive ketones (excluding diaryl/α,β-unsaturated/α-hetero) is 2. The molecule has 0 atom stereocenters. The van der Waals surface area contributed by atoms with Crippen molar-refractivity contribution in [3.63, 3.8) is 0 Å². The van der Waals surface area contributed by atoms with Gasteiger partial charge in [-0.25, -0.2) is 4.79 Å². The van der Waals surface area contributed by atoms with Crippen molar-refractivity contribution >= 4 is 28.4 Å². The summed E-state index contributed by atoms with van der Waals surface area (Å²) in [6.45, 7) is 1.33. The summed E-state index contributed by atoms with van der Waals surface area (Å²) < 4.78 is 6.44. The number of hydrogen-bond donors (Lipinski definition) is 1. The third kappa shape index (κ3) is 4.12. The Balaban J connectivity index is 1.92. The van der Waals surface area contributed by atoms with Crippen molar-refractivity contribution in [1.29, 1.82) is 0 Å². The van der Waals surface area contributed by atoms with Crippen molar-refractivity contribution in [3.8, 4) is 5.75 Å². The Labute approximate surface area is 161 Å². The van der Waals surface area contributed by atoms with Crippen LogP contribution in [0.5, 0.6) is 5.75 Å². The fraction of sp³-hybridized carbons (Fsp3) is 0.400. The minimum Gasteiger partial charge on any atom is -0.497 e. The van der Waals surface area contributed by atoms with E-state index in [-0.39, 0.29) is 18.5 Å². The Hall–Kier alpha value is -3.00. The number of pyridine rings is 1. The molecule has 1 saturated heterocycles. The van der Waals surface area contributed by atoms with Gasteiger partial charge in [0, 0.05) is 6.20 Å². The molecule has 1 aliphatic heterocycles. The van der Waals surface area contributed by atoms with Gasteiger partial charge in [-0.2, -0.15) is 0 Å². The number of benzene rings is 1. The molecule has 148 valence electrons. The van der Waals surface area contributed by atoms with Gasteiger partial charge in [-0.05, 0) is 44.1 Å². The van der Waals surface area contributed by atoms with Crippen LogP contribution in [0.4, 0.5) is 0 Å². The summed E-state index contributed by atoms with van der Waals surface area (Å²) in [5.41, 5.74) is -0.753. The first-order chi connectivity index (χ1) is 13.4. The van der Waals surface area contributed by atoms with Crippen molar-refractivity contribution in [2.45, 2.75) is 25.8 Å². The van der Waals surface area contributed by atoms with Gasteiger partial charge in [0.25, 0.3) is 0 Å². The molecular formula is C20H22N2O6. The minimum atomic E-state index is -1.39. The second-order valence-electron chi connectivity index (χ2n) is 6.87. The normalized spacial score (nSPS) is 14.8. The highest BCUT2D eigenvalue weighted by atomic mass is 16.5. The second kappa shape index (κ2) is 8.35. The maximum Gasteiger partial charge on any atom is 0.341 e. The molecule has 0 amide bonds. The van der Waals surface area contributed by atoms with Gasteiger partial charge >= 0.3 is 5.97 Å². The number of carbonyl (C=O) groups excluding carboxylic acids is 2. The number of carboxylic acid groups (broad SMARTS) is 1. The van der Waals surface area contributed by atoms with Crippen LogP contribution in [-0.4, -0.2) is 58.9 Å². The summed E-state index contributed by atoms with van der Waals surface area (Å²) in [6, 6.07) is 4.61. The van der Waals surface area contributed by atoms with Gasteiger partial charge < -0.3 is 14.4 Å². The zero-order valence-electron chi connectivity index (χ0n) is 15.6. The van der Waals surface area contributed by atoms with Crippen molar-refractivity contribution < 1.29 is 24.2 Å². The molecule has 0 bridgehead atoms. The molecule has 3 rings (SSSR count). The maximum atomic E-state index is 12.5. The number of ketones is 2. The Bertz CT molecular complexity index is 988. The minimum absolute atomic E-state index is 0.0660. The number of nitrogens with zero attached hydrogens (tertiary/aromatic N) is 2. The number of aromatic nitrogens is 1. The number of rotatable bonds is 7. The van der Waals surface area contributed by atoms with E-state index in [0.717, 1.165) is 38.5 Å². The van der Waals surface area contributed by atoms with E-state index in [9.17, 15) is 24.3 Å². The molecular weight excluding hydrogens is 364 g/mol. The summed E-state index contributed by atoms with van der Waals surface area (Å²) in [5, 5.41) is 9.45. The van der Waals surface area contributed by atoms with Crippen LogP contribution in [0.25, 0.3) is 10.9 Å². The molecule has 1 fully saturated rings. The highest BCUT2D eigenvalue weighted by Gasteiger charge is 2.22. The van der Waals surface area contributed by atoms with Gasteiger partial charge in [-0.1, -0.05) is 6.42 Å². The third-order valence-corrected chi connectivity index (χ3v) is 4.96. The number of aromatic carboxylic acids is 1. The highest BCUT2D eigenvalue weighted by Crippen LogP contribution is 2.19. The van der Waals surface area contributed by atoms with E-state index >= 15 is 0 Å². The molecule has 8 nitrogen and oxygen atoms in total. The first-order valence-corrected chi connectivity index (χ1v) is 9.13. The molecule has 1 N–H and O–H groups in total. The van der Waals surface area contributed by atoms with Gasteiger partial charge in [0.1, 0.15) is 11.3 Å². The quantitative estimate of drug-likeness (QED) is 0.716. The number of likely N-dealkylation sites (tertiary alicyclic amines) is 1. The first kappa shape index (κ1) is 19.8. The van der Waals surface area contributed by atoms with Crippen LogP contribution < -0.4 is 10.2 Å². The average molecular weight is 386 g/mol. The van der Waals surface area contributed by atoms with E-state index in [2.05, 4.69) is 0 Å². The smallest absolute Gasteiger partial charge is 0.341 e. The molecule has 2 heterocycles. The number of carboxylic acids is 1. The van der Waals surface area contributed by atoms with Crippen LogP contribution in [0, 0.1) is 0 Å². The summed E-state index contributed by atoms with van der Waals surface area (Å²) in [6.07, 6.45) is 4.26. The Kier molecular flexibility index (Phi) is 5.89. The van der Waals surface area contributed by atoms with E-state index in [4.69, 9.17) is 4.74 Å². The van der Waals surface area contributed by atoms with E-state index in [1.807, 2.05) is 4.90 Å². The van der Waals surface area contributed by atoms with Crippen molar-refractivity contribution in [2.24, 2.45) is 0 Å². The fourth-order valence-corrected chi connectivity index (χ4v) is 3.44. The van der Waals surface area contributed by atoms with Crippen LogP contribution in [0.15, 0.2) is 29.2 Å². The van der Waals surface area contributed by atoms with Crippen LogP contribution in [0.3, 0.4) is 0 Å². The van der Waals surface area contributed by atoms with E-state index < -0.39 is 28.5 Å². The molecule has 8 heteroatoms. The lowest BCUT2D eigenvalue weighted by Crippen LogP contribution is -2.38. The van der Waals surface area contributed by atoms with E-state index in [1.165, 1.54) is 17.7 Å². The Morgan fingerprint density at radius 2 is 1.75 bits per heavy atom. The fourth-order valence-electron chi connectivity index (χ4n) is 3.44. The lowest BCUT2D eigenvalue weighted by molar-refractivity contribution is -0.137. The lowest BCUT2D eigenvalue weighted by atomic mass is 10.1. The molecule has 1 aromatic carbocycles. The maximum absolute atomic E-state index is 12.5. The molecule has 2 aromatic rings. The lowest BCUT2D eigenvalue weighted by Gasteiger charge is -2.25. The molecule has 0 aliphatic carbocycles. The monoisotopic (exact) mass is 386 g/mol. The van der Waals surface area contributed by atoms with Crippen molar-refractivity contribution in [1.82, 2.24) is 9.47 Å². The first-order valence-electron chi connectivity index (χ1n) is 9.13. The predicted octanol–water partition coefficient (Wildman–Crippen LogP) is 1.33. The largest absolute Gasteiger partial charge is 0.497 e. The zero-order valence-corrected chi connectivity index (χ0v) is 15.6. The van der Waals surface area contributed by atoms with Gasteiger partial charge in [-0.3, -0.25) is 19.3 Å². The number of methoxy groups -OCH3 is 1. The summed E-state index contributed by atoms with van der Waals surface area (Å²) >= 11 is 0. The molecule has 0 unspecified atom stereocenters. The molecule has 0 spiro atoms. The van der Waals surface area contributed by atoms with Gasteiger partial charge in [0.15, 0.2) is 0 Å². The third-order valence-electron chi connectivity index (χ3n) is 4.96.